The second-order valence-electron chi connectivity index (χ2n) is 3.26. The van der Waals surface area contributed by atoms with Gasteiger partial charge in [-0.3, -0.25) is 0 Å². The highest BCUT2D eigenvalue weighted by atomic mass is 79.9. The molecular formula is C11H13BrFNO2. The molecule has 0 fully saturated rings. The lowest BCUT2D eigenvalue weighted by atomic mass is 10.2. The van der Waals surface area contributed by atoms with Crippen molar-refractivity contribution in [2.45, 2.75) is 19.4 Å². The lowest BCUT2D eigenvalue weighted by Crippen LogP contribution is -2.29. The normalized spacial score (nSPS) is 12.0. The zero-order valence-electron chi connectivity index (χ0n) is 9.09. The van der Waals surface area contributed by atoms with Gasteiger partial charge < -0.3 is 10.1 Å². The molecule has 5 heteroatoms. The summed E-state index contributed by atoms with van der Waals surface area (Å²) in [5.41, 5.74) is 0.672. The fourth-order valence-corrected chi connectivity index (χ4v) is 1.64. The van der Waals surface area contributed by atoms with Crippen molar-refractivity contribution in [2.24, 2.45) is 0 Å². The van der Waals surface area contributed by atoms with Gasteiger partial charge in [-0.2, -0.15) is 0 Å². The molecule has 1 aromatic rings. The molecule has 0 aliphatic rings. The molecular weight excluding hydrogens is 277 g/mol. The van der Waals surface area contributed by atoms with Crippen molar-refractivity contribution in [3.05, 3.63) is 28.5 Å². The van der Waals surface area contributed by atoms with Crippen LogP contribution in [0.5, 0.6) is 0 Å². The first-order valence-corrected chi connectivity index (χ1v) is 5.67. The van der Waals surface area contributed by atoms with Crippen LogP contribution in [0, 0.1) is 5.82 Å². The highest BCUT2D eigenvalue weighted by Crippen LogP contribution is 2.21. The van der Waals surface area contributed by atoms with E-state index in [0.717, 1.165) is 0 Å². The Morgan fingerprint density at radius 2 is 2.31 bits per heavy atom. The Kier molecular flexibility index (Phi) is 4.73. The van der Waals surface area contributed by atoms with Crippen LogP contribution in [0.3, 0.4) is 0 Å². The Morgan fingerprint density at radius 3 is 2.81 bits per heavy atom. The Labute approximate surface area is 102 Å². The molecule has 0 amide bonds. The lowest BCUT2D eigenvalue weighted by molar-refractivity contribution is -0.141. The minimum Gasteiger partial charge on any atom is -0.467 e. The summed E-state index contributed by atoms with van der Waals surface area (Å²) in [5.74, 6) is -0.667. The van der Waals surface area contributed by atoms with E-state index in [4.69, 9.17) is 0 Å². The molecule has 3 nitrogen and oxygen atoms in total. The van der Waals surface area contributed by atoms with Crippen LogP contribution in [0.15, 0.2) is 22.7 Å². The molecule has 1 atom stereocenters. The third kappa shape index (κ3) is 3.20. The number of ether oxygens (including phenoxy) is 1. The molecule has 0 aliphatic carbocycles. The standard InChI is InChI=1S/C11H13BrFNO2/c1-3-10(11(15)16-2)14-7-4-5-9(13)8(12)6-7/h4-6,10,14H,3H2,1-2H3. The van der Waals surface area contributed by atoms with E-state index in [-0.39, 0.29) is 11.8 Å². The zero-order chi connectivity index (χ0) is 12.1. The molecule has 0 aliphatic heterocycles. The van der Waals surface area contributed by atoms with E-state index < -0.39 is 6.04 Å². The number of esters is 1. The van der Waals surface area contributed by atoms with Crippen LogP contribution in [0.25, 0.3) is 0 Å². The summed E-state index contributed by atoms with van der Waals surface area (Å²) < 4.78 is 18.0. The molecule has 1 rings (SSSR count). The number of nitrogens with one attached hydrogen (secondary N) is 1. The third-order valence-corrected chi connectivity index (χ3v) is 2.76. The molecule has 0 bridgehead atoms. The molecule has 0 heterocycles. The minimum absolute atomic E-state index is 0.331. The zero-order valence-corrected chi connectivity index (χ0v) is 10.7. The number of carbonyl (C=O) groups excluding carboxylic acids is 1. The number of hydrogen-bond donors (Lipinski definition) is 1. The predicted molar refractivity (Wildman–Crippen MR) is 63.8 cm³/mol. The summed E-state index contributed by atoms with van der Waals surface area (Å²) in [6.45, 7) is 1.87. The van der Waals surface area contributed by atoms with Crippen molar-refractivity contribution >= 4 is 27.6 Å². The first-order chi connectivity index (χ1) is 7.58. The van der Waals surface area contributed by atoms with Gasteiger partial charge in [-0.15, -0.1) is 0 Å². The van der Waals surface area contributed by atoms with Crippen LogP contribution in [-0.2, 0) is 9.53 Å². The second-order valence-corrected chi connectivity index (χ2v) is 4.11. The average molecular weight is 290 g/mol. The fraction of sp³-hybridized carbons (Fsp3) is 0.364. The van der Waals surface area contributed by atoms with Gasteiger partial charge in [0, 0.05) is 5.69 Å². The SMILES string of the molecule is CCC(Nc1ccc(F)c(Br)c1)C(=O)OC. The number of carbonyl (C=O) groups is 1. The monoisotopic (exact) mass is 289 g/mol. The average Bonchev–Trinajstić information content (AvgIpc) is 2.29. The van der Waals surface area contributed by atoms with Gasteiger partial charge in [0.15, 0.2) is 0 Å². The molecule has 0 aromatic heterocycles. The van der Waals surface area contributed by atoms with Gasteiger partial charge in [0.05, 0.1) is 11.6 Å². The van der Waals surface area contributed by atoms with Gasteiger partial charge in [0.25, 0.3) is 0 Å². The Balaban J connectivity index is 2.78. The molecule has 0 radical (unpaired) electrons. The number of hydrogen-bond acceptors (Lipinski definition) is 3. The second kappa shape index (κ2) is 5.84. The summed E-state index contributed by atoms with van der Waals surface area (Å²) in [6.07, 6.45) is 0.599. The van der Waals surface area contributed by atoms with E-state index >= 15 is 0 Å². The van der Waals surface area contributed by atoms with Gasteiger partial charge in [0.1, 0.15) is 11.9 Å². The largest absolute Gasteiger partial charge is 0.467 e. The van der Waals surface area contributed by atoms with E-state index in [1.54, 1.807) is 12.1 Å². The van der Waals surface area contributed by atoms with Gasteiger partial charge in [0.2, 0.25) is 0 Å². The van der Waals surface area contributed by atoms with Crippen LogP contribution in [-0.4, -0.2) is 19.1 Å². The molecule has 0 saturated carbocycles. The van der Waals surface area contributed by atoms with Crippen LogP contribution in [0.4, 0.5) is 10.1 Å². The molecule has 1 unspecified atom stereocenters. The maximum absolute atomic E-state index is 13.0. The van der Waals surface area contributed by atoms with Crippen LogP contribution in [0.2, 0.25) is 0 Å². The van der Waals surface area contributed by atoms with Gasteiger partial charge in [-0.05, 0) is 40.5 Å². The third-order valence-electron chi connectivity index (χ3n) is 2.15. The number of methoxy groups -OCH3 is 1. The van der Waals surface area contributed by atoms with E-state index in [1.165, 1.54) is 13.2 Å². The van der Waals surface area contributed by atoms with Crippen LogP contribution < -0.4 is 5.32 Å². The lowest BCUT2D eigenvalue weighted by Gasteiger charge is -2.15. The van der Waals surface area contributed by atoms with Crippen molar-refractivity contribution in [2.75, 3.05) is 12.4 Å². The molecule has 1 N–H and O–H groups in total. The summed E-state index contributed by atoms with van der Waals surface area (Å²) in [6, 6.07) is 4.07. The first kappa shape index (κ1) is 13.0. The van der Waals surface area contributed by atoms with Gasteiger partial charge >= 0.3 is 5.97 Å². The maximum atomic E-state index is 13.0. The summed E-state index contributed by atoms with van der Waals surface area (Å²) in [5, 5.41) is 2.98. The predicted octanol–water partition coefficient (Wildman–Crippen LogP) is 2.95. The van der Waals surface area contributed by atoms with E-state index in [1.807, 2.05) is 6.92 Å². The van der Waals surface area contributed by atoms with Crippen molar-refractivity contribution in [1.29, 1.82) is 0 Å². The van der Waals surface area contributed by atoms with E-state index in [0.29, 0.717) is 16.6 Å². The highest BCUT2D eigenvalue weighted by Gasteiger charge is 2.16. The van der Waals surface area contributed by atoms with Crippen molar-refractivity contribution in [3.8, 4) is 0 Å². The van der Waals surface area contributed by atoms with Gasteiger partial charge in [-0.1, -0.05) is 6.92 Å². The van der Waals surface area contributed by atoms with Crippen LogP contribution >= 0.6 is 15.9 Å². The number of halogens is 2. The molecule has 1 aromatic carbocycles. The quantitative estimate of drug-likeness (QED) is 0.866. The number of anilines is 1. The van der Waals surface area contributed by atoms with E-state index in [2.05, 4.69) is 26.0 Å². The molecule has 0 spiro atoms. The number of rotatable bonds is 4. The summed E-state index contributed by atoms with van der Waals surface area (Å²) in [7, 11) is 1.34. The topological polar surface area (TPSA) is 38.3 Å². The molecule has 16 heavy (non-hydrogen) atoms. The Morgan fingerprint density at radius 1 is 1.62 bits per heavy atom. The highest BCUT2D eigenvalue weighted by molar-refractivity contribution is 9.10. The van der Waals surface area contributed by atoms with Crippen molar-refractivity contribution in [3.63, 3.8) is 0 Å². The van der Waals surface area contributed by atoms with Crippen molar-refractivity contribution < 1.29 is 13.9 Å². The van der Waals surface area contributed by atoms with Gasteiger partial charge in [-0.25, -0.2) is 9.18 Å². The first-order valence-electron chi connectivity index (χ1n) is 4.88. The smallest absolute Gasteiger partial charge is 0.328 e. The fourth-order valence-electron chi connectivity index (χ4n) is 1.26. The molecule has 0 saturated heterocycles. The maximum Gasteiger partial charge on any atom is 0.328 e. The number of benzene rings is 1. The summed E-state index contributed by atoms with van der Waals surface area (Å²) >= 11 is 3.08. The summed E-state index contributed by atoms with van der Waals surface area (Å²) in [4.78, 5) is 11.3. The molecule has 88 valence electrons. The minimum atomic E-state index is -0.414. The van der Waals surface area contributed by atoms with Crippen LogP contribution in [0.1, 0.15) is 13.3 Å². The van der Waals surface area contributed by atoms with E-state index in [9.17, 15) is 9.18 Å². The Bertz CT molecular complexity index is 384. The Hall–Kier alpha value is -1.10. The van der Waals surface area contributed by atoms with Crippen molar-refractivity contribution in [1.82, 2.24) is 0 Å².